The zero-order chi connectivity index (χ0) is 12.8. The molecule has 1 aromatic heterocycles. The molecular weight excluding hydrogens is 300 g/mol. The average molecular weight is 319 g/mol. The van der Waals surface area contributed by atoms with Crippen LogP contribution in [0.5, 0.6) is 0 Å². The molecule has 0 fully saturated rings. The summed E-state index contributed by atoms with van der Waals surface area (Å²) in [4.78, 5) is 11.8. The van der Waals surface area contributed by atoms with Gasteiger partial charge in [-0.25, -0.2) is 0 Å². The van der Waals surface area contributed by atoms with Crippen LogP contribution in [0, 0.1) is 0 Å². The molecule has 0 radical (unpaired) electrons. The van der Waals surface area contributed by atoms with Gasteiger partial charge in [0, 0.05) is 7.05 Å². The molecule has 3 nitrogen and oxygen atoms in total. The summed E-state index contributed by atoms with van der Waals surface area (Å²) in [5.74, 6) is 1.93. The van der Waals surface area contributed by atoms with E-state index < -0.39 is 0 Å². The highest BCUT2D eigenvalue weighted by molar-refractivity contribution is 9.10. The number of hydrogen-bond acceptors (Lipinski definition) is 3. The van der Waals surface area contributed by atoms with E-state index in [0.717, 1.165) is 34.5 Å². The molecule has 1 aromatic rings. The fourth-order valence-electron chi connectivity index (χ4n) is 1.58. The van der Waals surface area contributed by atoms with E-state index in [1.165, 1.54) is 0 Å². The molecule has 0 unspecified atom stereocenters. The summed E-state index contributed by atoms with van der Waals surface area (Å²) in [6.07, 6.45) is 2.47. The Morgan fingerprint density at radius 2 is 2.18 bits per heavy atom. The highest BCUT2D eigenvalue weighted by Crippen LogP contribution is 2.22. The number of ketones is 1. The Morgan fingerprint density at radius 1 is 1.47 bits per heavy atom. The van der Waals surface area contributed by atoms with Crippen LogP contribution in [0.25, 0.3) is 0 Å². The van der Waals surface area contributed by atoms with Crippen LogP contribution < -0.4 is 0 Å². The molecule has 17 heavy (non-hydrogen) atoms. The van der Waals surface area contributed by atoms with Crippen molar-refractivity contribution in [3.63, 3.8) is 0 Å². The van der Waals surface area contributed by atoms with E-state index in [9.17, 15) is 4.79 Å². The molecule has 0 aromatic carbocycles. The molecule has 5 heteroatoms. The monoisotopic (exact) mass is 318 g/mol. The van der Waals surface area contributed by atoms with Crippen molar-refractivity contribution in [3.05, 3.63) is 15.9 Å². The molecule has 0 spiro atoms. The summed E-state index contributed by atoms with van der Waals surface area (Å²) in [5, 5.41) is 4.39. The van der Waals surface area contributed by atoms with Gasteiger partial charge in [0.2, 0.25) is 0 Å². The fourth-order valence-corrected chi connectivity index (χ4v) is 3.10. The minimum absolute atomic E-state index is 0.273. The lowest BCUT2D eigenvalue weighted by Crippen LogP contribution is -2.10. The highest BCUT2D eigenvalue weighted by atomic mass is 79.9. The lowest BCUT2D eigenvalue weighted by atomic mass is 10.2. The molecule has 96 valence electrons. The molecular formula is C12H19BrN2OS. The van der Waals surface area contributed by atoms with E-state index >= 15 is 0 Å². The van der Waals surface area contributed by atoms with E-state index in [4.69, 9.17) is 0 Å². The Bertz CT molecular complexity index is 390. The third-order valence-corrected chi connectivity index (χ3v) is 4.62. The van der Waals surface area contributed by atoms with Crippen molar-refractivity contribution in [2.24, 2.45) is 7.05 Å². The molecule has 0 amide bonds. The number of carbonyl (C=O) groups is 1. The molecule has 0 saturated carbocycles. The second-order valence-corrected chi connectivity index (χ2v) is 5.85. The summed E-state index contributed by atoms with van der Waals surface area (Å²) >= 11 is 5.24. The Kier molecular flexibility index (Phi) is 6.27. The molecule has 0 aliphatic carbocycles. The van der Waals surface area contributed by atoms with E-state index in [0.29, 0.717) is 12.2 Å². The van der Waals surface area contributed by atoms with Crippen LogP contribution in [0.4, 0.5) is 0 Å². The van der Waals surface area contributed by atoms with Gasteiger partial charge in [-0.3, -0.25) is 9.48 Å². The van der Waals surface area contributed by atoms with Gasteiger partial charge in [0.15, 0.2) is 0 Å². The predicted molar refractivity (Wildman–Crippen MR) is 76.6 cm³/mol. The zero-order valence-corrected chi connectivity index (χ0v) is 13.0. The van der Waals surface area contributed by atoms with Crippen molar-refractivity contribution in [3.8, 4) is 0 Å². The van der Waals surface area contributed by atoms with Gasteiger partial charge in [-0.05, 0) is 34.5 Å². The molecule has 0 N–H and O–H groups in total. The minimum atomic E-state index is 0.273. The minimum Gasteiger partial charge on any atom is -0.298 e. The van der Waals surface area contributed by atoms with Gasteiger partial charge in [-0.2, -0.15) is 16.9 Å². The summed E-state index contributed by atoms with van der Waals surface area (Å²) in [5.41, 5.74) is 2.01. The first-order chi connectivity index (χ1) is 8.10. The molecule has 0 aliphatic rings. The van der Waals surface area contributed by atoms with Gasteiger partial charge >= 0.3 is 0 Å². The van der Waals surface area contributed by atoms with Crippen LogP contribution in [-0.2, 0) is 24.7 Å². The third kappa shape index (κ3) is 4.14. The predicted octanol–water partition coefficient (Wildman–Crippen LogP) is 3.00. The fraction of sp³-hybridized carbons (Fsp3) is 0.667. The van der Waals surface area contributed by atoms with E-state index in [-0.39, 0.29) is 5.78 Å². The van der Waals surface area contributed by atoms with Gasteiger partial charge in [-0.1, -0.05) is 13.8 Å². The normalized spacial score (nSPS) is 10.8. The average Bonchev–Trinajstić information content (AvgIpc) is 2.57. The molecule has 1 rings (SSSR count). The first-order valence-electron chi connectivity index (χ1n) is 5.89. The van der Waals surface area contributed by atoms with Crippen molar-refractivity contribution < 1.29 is 4.79 Å². The number of hydrogen-bond donors (Lipinski definition) is 0. The smallest absolute Gasteiger partial charge is 0.148 e. The van der Waals surface area contributed by atoms with Gasteiger partial charge in [0.25, 0.3) is 0 Å². The first kappa shape index (κ1) is 14.8. The van der Waals surface area contributed by atoms with Crippen molar-refractivity contribution in [1.82, 2.24) is 9.78 Å². The molecule has 0 atom stereocenters. The molecule has 0 aliphatic heterocycles. The number of aromatic nitrogens is 2. The molecule has 0 bridgehead atoms. The van der Waals surface area contributed by atoms with E-state index in [2.05, 4.69) is 34.9 Å². The van der Waals surface area contributed by atoms with Crippen molar-refractivity contribution >= 4 is 33.5 Å². The van der Waals surface area contributed by atoms with Gasteiger partial charge in [-0.15, -0.1) is 0 Å². The lowest BCUT2D eigenvalue weighted by Gasteiger charge is -2.02. The Balaban J connectivity index is 2.62. The Hall–Kier alpha value is -0.290. The molecule has 1 heterocycles. The number of aryl methyl sites for hydroxylation is 2. The van der Waals surface area contributed by atoms with E-state index in [1.54, 1.807) is 11.8 Å². The number of thioether (sulfide) groups is 1. The Labute approximate surface area is 115 Å². The summed E-state index contributed by atoms with van der Waals surface area (Å²) in [6.45, 7) is 4.19. The lowest BCUT2D eigenvalue weighted by molar-refractivity contribution is -0.116. The van der Waals surface area contributed by atoms with Crippen LogP contribution in [0.15, 0.2) is 4.47 Å². The SMILES string of the molecule is CCCSCC(=O)Cc1c(Br)c(CC)nn1C. The topological polar surface area (TPSA) is 34.9 Å². The van der Waals surface area contributed by atoms with Gasteiger partial charge in [0.05, 0.1) is 28.0 Å². The number of Topliss-reactive ketones (excluding diaryl/α,β-unsaturated/α-hetero) is 1. The first-order valence-corrected chi connectivity index (χ1v) is 7.84. The Morgan fingerprint density at radius 3 is 2.71 bits per heavy atom. The van der Waals surface area contributed by atoms with Gasteiger partial charge in [0.1, 0.15) is 5.78 Å². The zero-order valence-electron chi connectivity index (χ0n) is 10.6. The molecule has 0 saturated heterocycles. The van der Waals surface area contributed by atoms with Gasteiger partial charge < -0.3 is 0 Å². The van der Waals surface area contributed by atoms with Crippen LogP contribution in [0.1, 0.15) is 31.7 Å². The second kappa shape index (κ2) is 7.21. The quantitative estimate of drug-likeness (QED) is 0.725. The number of rotatable bonds is 7. The standard InChI is InChI=1S/C12H19BrN2OS/c1-4-6-17-8-9(16)7-11-12(13)10(5-2)14-15(11)3/h4-8H2,1-3H3. The van der Waals surface area contributed by atoms with Crippen LogP contribution in [-0.4, -0.2) is 27.1 Å². The maximum absolute atomic E-state index is 11.8. The second-order valence-electron chi connectivity index (χ2n) is 3.95. The maximum Gasteiger partial charge on any atom is 0.148 e. The van der Waals surface area contributed by atoms with Crippen molar-refractivity contribution in [1.29, 1.82) is 0 Å². The van der Waals surface area contributed by atoms with Crippen LogP contribution in [0.3, 0.4) is 0 Å². The number of halogens is 1. The summed E-state index contributed by atoms with van der Waals surface area (Å²) in [6, 6.07) is 0. The van der Waals surface area contributed by atoms with Crippen molar-refractivity contribution in [2.75, 3.05) is 11.5 Å². The summed E-state index contributed by atoms with van der Waals surface area (Å²) in [7, 11) is 1.89. The number of nitrogens with zero attached hydrogens (tertiary/aromatic N) is 2. The largest absolute Gasteiger partial charge is 0.298 e. The van der Waals surface area contributed by atoms with E-state index in [1.807, 2.05) is 11.7 Å². The van der Waals surface area contributed by atoms with Crippen LogP contribution >= 0.6 is 27.7 Å². The third-order valence-electron chi connectivity index (χ3n) is 2.48. The summed E-state index contributed by atoms with van der Waals surface area (Å²) < 4.78 is 2.81. The van der Waals surface area contributed by atoms with Crippen LogP contribution in [0.2, 0.25) is 0 Å². The maximum atomic E-state index is 11.8. The highest BCUT2D eigenvalue weighted by Gasteiger charge is 2.15. The number of carbonyl (C=O) groups excluding carboxylic acids is 1. The van der Waals surface area contributed by atoms with Crippen molar-refractivity contribution in [2.45, 2.75) is 33.1 Å².